The number of halogens is 4. The highest BCUT2D eigenvalue weighted by atomic mass is 35.5. The number of sulfonamides is 1. The lowest BCUT2D eigenvalue weighted by molar-refractivity contribution is -0.192. The van der Waals surface area contributed by atoms with E-state index >= 15 is 4.79 Å². The summed E-state index contributed by atoms with van der Waals surface area (Å²) in [6.07, 6.45) is 2.91. The molecule has 7 rings (SSSR count). The summed E-state index contributed by atoms with van der Waals surface area (Å²) in [6.45, 7) is 3.16. The molecule has 4 aromatic rings. The Hall–Kier alpha value is -4.64. The third-order valence-electron chi connectivity index (χ3n) is 9.83. The number of anilines is 1. The van der Waals surface area contributed by atoms with Gasteiger partial charge in [-0.25, -0.2) is 22.5 Å². The first-order chi connectivity index (χ1) is 25.7. The number of ether oxygens (including phenoxy) is 2. The maximum Gasteiger partial charge on any atom is 0.490 e. The van der Waals surface area contributed by atoms with Gasteiger partial charge in [0.1, 0.15) is 17.8 Å². The number of alkyl halides is 3. The van der Waals surface area contributed by atoms with Gasteiger partial charge >= 0.3 is 12.1 Å². The SMILES string of the molecule is COc1ccc(S(=O)(=O)N2C(=O)C(c3cc(CN4CCCCC4)ccc3OC)(N3CCC[C@H]3c3ncco3)c3cc(Cl)ccc32)cc1.O=C(O)C(F)(F)F. The Kier molecular flexibility index (Phi) is 11.3. The summed E-state index contributed by atoms with van der Waals surface area (Å²) in [5, 5.41) is 7.50. The van der Waals surface area contributed by atoms with Crippen LogP contribution in [-0.2, 0) is 31.7 Å². The third-order valence-corrected chi connectivity index (χ3v) is 11.8. The molecule has 1 N–H and O–H groups in total. The molecule has 1 unspecified atom stereocenters. The first-order valence-electron chi connectivity index (χ1n) is 17.1. The molecule has 3 aliphatic heterocycles. The minimum atomic E-state index is -5.08. The highest BCUT2D eigenvalue weighted by Gasteiger charge is 2.63. The van der Waals surface area contributed by atoms with Crippen LogP contribution >= 0.6 is 11.6 Å². The Balaban J connectivity index is 0.000000649. The van der Waals surface area contributed by atoms with Gasteiger partial charge in [0.15, 0.2) is 5.54 Å². The number of carbonyl (C=O) groups excluding carboxylic acids is 1. The van der Waals surface area contributed by atoms with Crippen LogP contribution in [0.3, 0.4) is 0 Å². The number of methoxy groups -OCH3 is 2. The van der Waals surface area contributed by atoms with Crippen molar-refractivity contribution in [3.63, 3.8) is 0 Å². The molecule has 0 aliphatic carbocycles. The average molecular weight is 791 g/mol. The molecule has 3 aliphatic rings. The molecular formula is C37H38ClF3N4O8S. The normalized spacial score (nSPS) is 20.7. The molecule has 0 saturated carbocycles. The fraction of sp³-hybridized carbons (Fsp3) is 0.378. The molecule has 54 heavy (non-hydrogen) atoms. The van der Waals surface area contributed by atoms with Gasteiger partial charge in [-0.05, 0) is 98.9 Å². The molecule has 0 spiro atoms. The van der Waals surface area contributed by atoms with Gasteiger partial charge in [0.2, 0.25) is 5.89 Å². The van der Waals surface area contributed by atoms with Gasteiger partial charge < -0.3 is 19.0 Å². The maximum absolute atomic E-state index is 15.5. The van der Waals surface area contributed by atoms with E-state index in [-0.39, 0.29) is 10.6 Å². The number of hydrogen-bond acceptors (Lipinski definition) is 10. The minimum Gasteiger partial charge on any atom is -0.497 e. The summed E-state index contributed by atoms with van der Waals surface area (Å²) in [7, 11) is -1.33. The van der Waals surface area contributed by atoms with E-state index in [1.807, 2.05) is 23.1 Å². The van der Waals surface area contributed by atoms with Crippen molar-refractivity contribution in [2.75, 3.05) is 38.2 Å². The van der Waals surface area contributed by atoms with E-state index in [2.05, 4.69) is 9.88 Å². The second-order valence-electron chi connectivity index (χ2n) is 13.0. The first kappa shape index (κ1) is 39.1. The molecular weight excluding hydrogens is 753 g/mol. The molecule has 2 atom stereocenters. The highest BCUT2D eigenvalue weighted by molar-refractivity contribution is 7.93. The van der Waals surface area contributed by atoms with Crippen LogP contribution in [0.25, 0.3) is 0 Å². The van der Waals surface area contributed by atoms with Gasteiger partial charge in [-0.1, -0.05) is 24.1 Å². The standard InChI is InChI=1S/C35H37ClN4O6S.C2HF3O2/c1-44-26-10-12-27(13-11-26)47(42,43)40-30-14-9-25(36)22-28(30)35(34(40)41,39-19-6-7-31(39)33-37-16-20-46-33)29-21-24(8-15-32(29)45-2)23-38-17-4-3-5-18-38;3-2(4,5)1(6)7/h8-16,20-22,31H,3-7,17-19,23H2,1-2H3;(H,6,7)/t31-,35?;/m0./s1. The zero-order valence-electron chi connectivity index (χ0n) is 29.4. The van der Waals surface area contributed by atoms with Gasteiger partial charge in [-0.3, -0.25) is 14.6 Å². The van der Waals surface area contributed by atoms with E-state index < -0.39 is 39.7 Å². The van der Waals surface area contributed by atoms with Crippen LogP contribution in [0.15, 0.2) is 82.4 Å². The fourth-order valence-corrected chi connectivity index (χ4v) is 9.10. The van der Waals surface area contributed by atoms with Crippen molar-refractivity contribution < 1.29 is 50.2 Å². The van der Waals surface area contributed by atoms with E-state index in [0.29, 0.717) is 53.0 Å². The largest absolute Gasteiger partial charge is 0.497 e. The number of piperidine rings is 1. The highest BCUT2D eigenvalue weighted by Crippen LogP contribution is 2.57. The van der Waals surface area contributed by atoms with E-state index in [9.17, 15) is 21.6 Å². The predicted molar refractivity (Wildman–Crippen MR) is 191 cm³/mol. The van der Waals surface area contributed by atoms with E-state index in [1.165, 1.54) is 31.9 Å². The number of likely N-dealkylation sites (tertiary alicyclic amines) is 2. The zero-order valence-corrected chi connectivity index (χ0v) is 31.0. The second kappa shape index (κ2) is 15.6. The molecule has 0 bridgehead atoms. The van der Waals surface area contributed by atoms with Crippen molar-refractivity contribution in [2.24, 2.45) is 0 Å². The number of oxazole rings is 1. The third kappa shape index (κ3) is 7.27. The number of carboxylic acid groups (broad SMARTS) is 1. The summed E-state index contributed by atoms with van der Waals surface area (Å²) < 4.78 is 78.9. The molecule has 3 aromatic carbocycles. The number of benzene rings is 3. The molecule has 2 fully saturated rings. The number of carbonyl (C=O) groups is 2. The van der Waals surface area contributed by atoms with E-state index in [1.54, 1.807) is 43.6 Å². The Morgan fingerprint density at radius 3 is 2.30 bits per heavy atom. The molecule has 1 amide bonds. The van der Waals surface area contributed by atoms with Gasteiger partial charge in [0.05, 0.1) is 37.0 Å². The number of fused-ring (bicyclic) bond motifs is 1. The van der Waals surface area contributed by atoms with E-state index in [4.69, 9.17) is 35.4 Å². The average Bonchev–Trinajstić information content (AvgIpc) is 3.91. The number of aliphatic carboxylic acids is 1. The molecule has 1 aromatic heterocycles. The summed E-state index contributed by atoms with van der Waals surface area (Å²) in [5.41, 5.74) is 0.602. The summed E-state index contributed by atoms with van der Waals surface area (Å²) in [5.74, 6) is -1.98. The number of amides is 1. The number of carboxylic acids is 1. The molecule has 0 radical (unpaired) electrons. The predicted octanol–water partition coefficient (Wildman–Crippen LogP) is 6.78. The number of aromatic nitrogens is 1. The summed E-state index contributed by atoms with van der Waals surface area (Å²) in [6, 6.07) is 16.4. The Labute approximate surface area is 315 Å². The van der Waals surface area contributed by atoms with Crippen molar-refractivity contribution in [2.45, 2.75) is 61.3 Å². The molecule has 17 heteroatoms. The smallest absolute Gasteiger partial charge is 0.490 e. The van der Waals surface area contributed by atoms with Crippen molar-refractivity contribution in [3.8, 4) is 11.5 Å². The van der Waals surface area contributed by atoms with Crippen LogP contribution in [0.4, 0.5) is 18.9 Å². The van der Waals surface area contributed by atoms with E-state index in [0.717, 1.165) is 42.2 Å². The molecule has 4 heterocycles. The molecule has 2 saturated heterocycles. The topological polar surface area (TPSA) is 143 Å². The summed E-state index contributed by atoms with van der Waals surface area (Å²) >= 11 is 6.69. The Bertz CT molecular complexity index is 2090. The number of nitrogens with zero attached hydrogens (tertiary/aromatic N) is 4. The zero-order chi connectivity index (χ0) is 38.8. The lowest BCUT2D eigenvalue weighted by atomic mass is 9.80. The van der Waals surface area contributed by atoms with Gasteiger partial charge in [-0.15, -0.1) is 0 Å². The lowest BCUT2D eigenvalue weighted by Gasteiger charge is -2.41. The quantitative estimate of drug-likeness (QED) is 0.192. The van der Waals surface area contributed by atoms with Crippen LogP contribution in [0, 0.1) is 0 Å². The number of hydrogen-bond donors (Lipinski definition) is 1. The summed E-state index contributed by atoms with van der Waals surface area (Å²) in [4.78, 5) is 33.3. The van der Waals surface area contributed by atoms with Crippen LogP contribution in [0.2, 0.25) is 5.02 Å². The minimum absolute atomic E-state index is 0.0418. The van der Waals surface area contributed by atoms with Crippen LogP contribution in [-0.4, -0.2) is 80.2 Å². The maximum atomic E-state index is 15.5. The van der Waals surface area contributed by atoms with Crippen molar-refractivity contribution in [1.29, 1.82) is 0 Å². The molecule has 288 valence electrons. The van der Waals surface area contributed by atoms with Gasteiger partial charge in [0.25, 0.3) is 15.9 Å². The van der Waals surface area contributed by atoms with Crippen LogP contribution in [0.5, 0.6) is 11.5 Å². The van der Waals surface area contributed by atoms with Crippen molar-refractivity contribution >= 4 is 39.2 Å². The molecule has 12 nitrogen and oxygen atoms in total. The van der Waals surface area contributed by atoms with Gasteiger partial charge in [0, 0.05) is 29.2 Å². The fourth-order valence-electron chi connectivity index (χ4n) is 7.47. The Morgan fingerprint density at radius 1 is 0.981 bits per heavy atom. The first-order valence-corrected chi connectivity index (χ1v) is 18.9. The van der Waals surface area contributed by atoms with Crippen molar-refractivity contribution in [3.05, 3.63) is 101 Å². The monoisotopic (exact) mass is 790 g/mol. The second-order valence-corrected chi connectivity index (χ2v) is 15.2. The Morgan fingerprint density at radius 2 is 1.69 bits per heavy atom. The van der Waals surface area contributed by atoms with Crippen molar-refractivity contribution in [1.82, 2.24) is 14.8 Å². The number of rotatable bonds is 9. The van der Waals surface area contributed by atoms with Gasteiger partial charge in [-0.2, -0.15) is 13.2 Å². The van der Waals surface area contributed by atoms with Crippen LogP contribution in [0.1, 0.15) is 60.7 Å². The van der Waals surface area contributed by atoms with Crippen LogP contribution < -0.4 is 13.8 Å². The lowest BCUT2D eigenvalue weighted by Crippen LogP contribution is -2.54.